The molecular weight excluding hydrogens is 376 g/mol. The normalized spacial score (nSPS) is 19.1. The van der Waals surface area contributed by atoms with Crippen LogP contribution in [0, 0.1) is 5.92 Å². The monoisotopic (exact) mass is 398 g/mol. The molecule has 0 aliphatic carbocycles. The summed E-state index contributed by atoms with van der Waals surface area (Å²) >= 11 is 0.951. The largest absolute Gasteiger partial charge is 0.376 e. The molecular formula is C16H22N4O4S2. The lowest BCUT2D eigenvalue weighted by molar-refractivity contribution is -0.124. The van der Waals surface area contributed by atoms with Crippen LogP contribution in [-0.4, -0.2) is 48.4 Å². The van der Waals surface area contributed by atoms with Gasteiger partial charge in [-0.1, -0.05) is 19.9 Å². The first-order valence-corrected chi connectivity index (χ1v) is 10.7. The van der Waals surface area contributed by atoms with Crippen molar-refractivity contribution < 1.29 is 17.9 Å². The Morgan fingerprint density at radius 3 is 2.88 bits per heavy atom. The third-order valence-corrected chi connectivity index (χ3v) is 6.31. The summed E-state index contributed by atoms with van der Waals surface area (Å²) in [5.41, 5.74) is 0.828. The maximum absolute atomic E-state index is 12.8. The molecule has 26 heavy (non-hydrogen) atoms. The summed E-state index contributed by atoms with van der Waals surface area (Å²) in [6.45, 7) is 4.68. The Kier molecular flexibility index (Phi) is 5.86. The molecule has 1 aliphatic rings. The number of carbonyl (C=O) groups is 1. The number of nitrogens with zero attached hydrogens (tertiary/aromatic N) is 2. The van der Waals surface area contributed by atoms with Gasteiger partial charge in [0.15, 0.2) is 0 Å². The number of carbonyl (C=O) groups excluding carboxylic acids is 1. The number of amides is 1. The van der Waals surface area contributed by atoms with Crippen molar-refractivity contribution in [1.82, 2.24) is 18.8 Å². The number of ether oxygens (including phenoxy) is 1. The van der Waals surface area contributed by atoms with Crippen LogP contribution in [0.25, 0.3) is 11.0 Å². The van der Waals surface area contributed by atoms with Crippen LogP contribution in [0.2, 0.25) is 0 Å². The molecule has 2 heterocycles. The summed E-state index contributed by atoms with van der Waals surface area (Å²) in [6.07, 6.45) is 1.88. The zero-order chi connectivity index (χ0) is 18.7. The SMILES string of the molecule is CC(C)[C@H](NS(=O)(=O)c1cccc2nsnc12)C(=O)NC[C@H]1CCCO1. The number of fused-ring (bicyclic) bond motifs is 1. The van der Waals surface area contributed by atoms with Crippen molar-refractivity contribution in [3.63, 3.8) is 0 Å². The van der Waals surface area contributed by atoms with Gasteiger partial charge in [0.1, 0.15) is 22.0 Å². The van der Waals surface area contributed by atoms with Crippen LogP contribution < -0.4 is 10.0 Å². The maximum Gasteiger partial charge on any atom is 0.243 e. The van der Waals surface area contributed by atoms with Gasteiger partial charge in [0.2, 0.25) is 15.9 Å². The summed E-state index contributed by atoms with van der Waals surface area (Å²) in [5.74, 6) is -0.579. The predicted octanol–water partition coefficient (Wildman–Crippen LogP) is 1.29. The van der Waals surface area contributed by atoms with Gasteiger partial charge in [-0.2, -0.15) is 13.5 Å². The molecule has 8 nitrogen and oxygen atoms in total. The number of rotatable bonds is 7. The van der Waals surface area contributed by atoms with Gasteiger partial charge in [-0.05, 0) is 30.9 Å². The number of benzene rings is 1. The van der Waals surface area contributed by atoms with E-state index in [0.717, 1.165) is 24.6 Å². The van der Waals surface area contributed by atoms with Crippen molar-refractivity contribution in [3.8, 4) is 0 Å². The van der Waals surface area contributed by atoms with Gasteiger partial charge < -0.3 is 10.1 Å². The lowest BCUT2D eigenvalue weighted by Gasteiger charge is -2.22. The van der Waals surface area contributed by atoms with E-state index in [1.807, 2.05) is 0 Å². The van der Waals surface area contributed by atoms with E-state index in [2.05, 4.69) is 18.8 Å². The molecule has 1 saturated heterocycles. The average Bonchev–Trinajstić information content (AvgIpc) is 3.28. The second-order valence-electron chi connectivity index (χ2n) is 6.61. The quantitative estimate of drug-likeness (QED) is 0.727. The Bertz CT molecular complexity index is 875. The molecule has 2 atom stereocenters. The van der Waals surface area contributed by atoms with Crippen molar-refractivity contribution in [3.05, 3.63) is 18.2 Å². The second-order valence-corrected chi connectivity index (χ2v) is 8.82. The van der Waals surface area contributed by atoms with E-state index in [1.54, 1.807) is 26.0 Å². The van der Waals surface area contributed by atoms with E-state index < -0.39 is 16.1 Å². The average molecular weight is 399 g/mol. The molecule has 1 aliphatic heterocycles. The van der Waals surface area contributed by atoms with Crippen LogP contribution in [0.5, 0.6) is 0 Å². The third-order valence-electron chi connectivity index (χ3n) is 4.30. The summed E-state index contributed by atoms with van der Waals surface area (Å²) in [4.78, 5) is 12.6. The van der Waals surface area contributed by atoms with Gasteiger partial charge in [-0.15, -0.1) is 0 Å². The highest BCUT2D eigenvalue weighted by Crippen LogP contribution is 2.22. The predicted molar refractivity (Wildman–Crippen MR) is 98.3 cm³/mol. The summed E-state index contributed by atoms with van der Waals surface area (Å²) in [5, 5.41) is 2.80. The number of aromatic nitrogens is 2. The Labute approximate surface area is 156 Å². The van der Waals surface area contributed by atoms with Crippen molar-refractivity contribution >= 4 is 38.7 Å². The lowest BCUT2D eigenvalue weighted by Crippen LogP contribution is -2.50. The van der Waals surface area contributed by atoms with Gasteiger partial charge in [-0.25, -0.2) is 8.42 Å². The Hall–Kier alpha value is -1.62. The van der Waals surface area contributed by atoms with Crippen molar-refractivity contribution in [2.75, 3.05) is 13.2 Å². The topological polar surface area (TPSA) is 110 Å². The zero-order valence-corrected chi connectivity index (χ0v) is 16.3. The summed E-state index contributed by atoms with van der Waals surface area (Å²) < 4.78 is 41.8. The maximum atomic E-state index is 12.8. The number of sulfonamides is 1. The van der Waals surface area contributed by atoms with Crippen LogP contribution in [0.4, 0.5) is 0 Å². The molecule has 0 bridgehead atoms. The highest BCUT2D eigenvalue weighted by molar-refractivity contribution is 7.89. The lowest BCUT2D eigenvalue weighted by atomic mass is 10.0. The van der Waals surface area contributed by atoms with E-state index >= 15 is 0 Å². The minimum Gasteiger partial charge on any atom is -0.376 e. The van der Waals surface area contributed by atoms with Gasteiger partial charge >= 0.3 is 0 Å². The minimum absolute atomic E-state index is 0.00167. The molecule has 10 heteroatoms. The van der Waals surface area contributed by atoms with Crippen molar-refractivity contribution in [1.29, 1.82) is 0 Å². The van der Waals surface area contributed by atoms with Crippen molar-refractivity contribution in [2.45, 2.75) is 43.7 Å². The summed E-state index contributed by atoms with van der Waals surface area (Å²) in [6, 6.07) is 3.89. The van der Waals surface area contributed by atoms with Crippen LogP contribution in [0.15, 0.2) is 23.1 Å². The first-order chi connectivity index (χ1) is 12.4. The third kappa shape index (κ3) is 4.20. The first kappa shape index (κ1) is 19.2. The molecule has 3 rings (SSSR count). The second kappa shape index (κ2) is 7.95. The Morgan fingerprint density at radius 1 is 1.38 bits per heavy atom. The number of hydrogen-bond donors (Lipinski definition) is 2. The molecule has 0 radical (unpaired) electrons. The molecule has 0 saturated carbocycles. The van der Waals surface area contributed by atoms with Gasteiger partial charge in [0.05, 0.1) is 17.8 Å². The number of hydrogen-bond acceptors (Lipinski definition) is 7. The molecule has 1 aromatic heterocycles. The van der Waals surface area contributed by atoms with Gasteiger partial charge in [0.25, 0.3) is 0 Å². The first-order valence-electron chi connectivity index (χ1n) is 8.51. The standard InChI is InChI=1S/C16H22N4O4S2/c1-10(2)14(16(21)17-9-11-5-4-8-24-11)20-26(22,23)13-7-3-6-12-15(13)19-25-18-12/h3,6-7,10-11,14,20H,4-5,8-9H2,1-2H3,(H,17,21)/t11-,14+/m1/s1. The van der Waals surface area contributed by atoms with Gasteiger partial charge in [0, 0.05) is 13.2 Å². The molecule has 1 aromatic carbocycles. The smallest absolute Gasteiger partial charge is 0.243 e. The Morgan fingerprint density at radius 2 is 2.19 bits per heavy atom. The van der Waals surface area contributed by atoms with E-state index in [4.69, 9.17) is 4.74 Å². The van der Waals surface area contributed by atoms with E-state index in [0.29, 0.717) is 24.2 Å². The molecule has 1 amide bonds. The minimum atomic E-state index is -3.92. The van der Waals surface area contributed by atoms with Crippen molar-refractivity contribution in [2.24, 2.45) is 5.92 Å². The molecule has 1 fully saturated rings. The zero-order valence-electron chi connectivity index (χ0n) is 14.6. The fraction of sp³-hybridized carbons (Fsp3) is 0.562. The molecule has 2 aromatic rings. The van der Waals surface area contributed by atoms with Crippen LogP contribution >= 0.6 is 11.7 Å². The van der Waals surface area contributed by atoms with E-state index in [1.165, 1.54) is 6.07 Å². The van der Waals surface area contributed by atoms with Crippen LogP contribution in [0.1, 0.15) is 26.7 Å². The fourth-order valence-electron chi connectivity index (χ4n) is 2.85. The van der Waals surface area contributed by atoms with E-state index in [-0.39, 0.29) is 22.8 Å². The number of nitrogens with one attached hydrogen (secondary N) is 2. The summed E-state index contributed by atoms with van der Waals surface area (Å²) in [7, 11) is -3.92. The molecule has 0 unspecified atom stereocenters. The highest BCUT2D eigenvalue weighted by atomic mass is 32.2. The van der Waals surface area contributed by atoms with E-state index in [9.17, 15) is 13.2 Å². The van der Waals surface area contributed by atoms with Crippen LogP contribution in [-0.2, 0) is 19.6 Å². The Balaban J connectivity index is 1.76. The molecule has 0 spiro atoms. The fourth-order valence-corrected chi connectivity index (χ4v) is 4.96. The van der Waals surface area contributed by atoms with Crippen LogP contribution in [0.3, 0.4) is 0 Å². The highest BCUT2D eigenvalue weighted by Gasteiger charge is 2.30. The van der Waals surface area contributed by atoms with Gasteiger partial charge in [-0.3, -0.25) is 4.79 Å². The molecule has 2 N–H and O–H groups in total. The molecule has 142 valence electrons.